The highest BCUT2D eigenvalue weighted by Gasteiger charge is 2.52. The summed E-state index contributed by atoms with van der Waals surface area (Å²) in [6.45, 7) is 5.15. The normalized spacial score (nSPS) is 27.2. The summed E-state index contributed by atoms with van der Waals surface area (Å²) in [4.78, 5) is 45.4. The van der Waals surface area contributed by atoms with E-state index in [9.17, 15) is 35.6 Å². The van der Waals surface area contributed by atoms with Gasteiger partial charge in [-0.05, 0) is 46.0 Å². The van der Waals surface area contributed by atoms with Crippen LogP contribution in [0.25, 0.3) is 0 Å². The second kappa shape index (κ2) is 8.47. The molecule has 14 nitrogen and oxygen atoms in total. The summed E-state index contributed by atoms with van der Waals surface area (Å²) in [5.74, 6) is -2.32. The van der Waals surface area contributed by atoms with Crippen molar-refractivity contribution in [1.82, 2.24) is 5.06 Å². The molecule has 1 aliphatic rings. The van der Waals surface area contributed by atoms with Gasteiger partial charge in [0.25, 0.3) is 15.3 Å². The predicted molar refractivity (Wildman–Crippen MR) is 85.7 cm³/mol. The first-order valence-electron chi connectivity index (χ1n) is 8.10. The van der Waals surface area contributed by atoms with Gasteiger partial charge in [-0.1, -0.05) is 0 Å². The van der Waals surface area contributed by atoms with Gasteiger partial charge < -0.3 is 19.7 Å². The van der Waals surface area contributed by atoms with Gasteiger partial charge in [-0.2, -0.15) is 5.06 Å². The zero-order chi connectivity index (χ0) is 21.0. The Morgan fingerprint density at radius 2 is 1.37 bits per heavy atom. The third-order valence-electron chi connectivity index (χ3n) is 5.04. The summed E-state index contributed by atoms with van der Waals surface area (Å²) in [6.07, 6.45) is 0.154. The lowest BCUT2D eigenvalue weighted by molar-refractivity contribution is -0.766. The molecule has 3 unspecified atom stereocenters. The lowest BCUT2D eigenvalue weighted by Gasteiger charge is -2.46. The van der Waals surface area contributed by atoms with E-state index in [0.717, 1.165) is 5.06 Å². The fraction of sp³-hybridized carbons (Fsp3) is 1.00. The summed E-state index contributed by atoms with van der Waals surface area (Å²) in [5.41, 5.74) is -2.04. The maximum absolute atomic E-state index is 10.7. The number of hydrogen-bond acceptors (Lipinski definition) is 11. The Labute approximate surface area is 154 Å². The molecule has 1 aliphatic heterocycles. The van der Waals surface area contributed by atoms with E-state index in [1.165, 1.54) is 0 Å². The molecule has 1 heterocycles. The Morgan fingerprint density at radius 1 is 0.926 bits per heavy atom. The number of hydrogen-bond donors (Lipinski definition) is 1. The molecule has 1 fully saturated rings. The molecule has 0 aromatic heterocycles. The van der Waals surface area contributed by atoms with Crippen molar-refractivity contribution in [2.24, 2.45) is 17.8 Å². The van der Waals surface area contributed by atoms with E-state index in [1.54, 1.807) is 27.7 Å². The summed E-state index contributed by atoms with van der Waals surface area (Å²) in [5, 5.41) is 40.7. The average Bonchev–Trinajstić information content (AvgIpc) is 2.57. The van der Waals surface area contributed by atoms with Crippen LogP contribution in [-0.2, 0) is 14.5 Å². The molecule has 14 heteroatoms. The largest absolute Gasteiger partial charge is 0.314 e. The molecule has 27 heavy (non-hydrogen) atoms. The summed E-state index contributed by atoms with van der Waals surface area (Å²) in [7, 11) is 0. The Hall–Kier alpha value is -2.48. The molecule has 156 valence electrons. The van der Waals surface area contributed by atoms with Crippen molar-refractivity contribution >= 4 is 0 Å². The zero-order valence-corrected chi connectivity index (χ0v) is 15.5. The van der Waals surface area contributed by atoms with Gasteiger partial charge in [0.05, 0.1) is 6.61 Å². The fourth-order valence-corrected chi connectivity index (χ4v) is 3.88. The van der Waals surface area contributed by atoms with Crippen LogP contribution in [0.3, 0.4) is 0 Å². The first kappa shape index (κ1) is 22.6. The fourth-order valence-electron chi connectivity index (χ4n) is 3.88. The van der Waals surface area contributed by atoms with Gasteiger partial charge in [-0.3, -0.25) is 0 Å². The van der Waals surface area contributed by atoms with Crippen molar-refractivity contribution in [3.8, 4) is 0 Å². The van der Waals surface area contributed by atoms with Gasteiger partial charge in [0.15, 0.2) is 0 Å². The van der Waals surface area contributed by atoms with Gasteiger partial charge in [-0.25, -0.2) is 0 Å². The first-order chi connectivity index (χ1) is 12.3. The van der Waals surface area contributed by atoms with E-state index in [-0.39, 0.29) is 6.42 Å². The molecule has 0 radical (unpaired) electrons. The highest BCUT2D eigenvalue weighted by molar-refractivity contribution is 5.01. The molecule has 0 aromatic rings. The highest BCUT2D eigenvalue weighted by Crippen LogP contribution is 2.45. The van der Waals surface area contributed by atoms with Crippen molar-refractivity contribution in [2.45, 2.75) is 45.2 Å². The monoisotopic (exact) mass is 396 g/mol. The molecule has 0 spiro atoms. The molecule has 1 saturated heterocycles. The standard InChI is InChI=1S/C13H24N4O10/c1-12(2)5-9(6-25-15(19)20)10(7-26-16(21)22)11(8-27-17(23)24)13(3,4)14(12)18/h9-11,18H,5-8H2,1-4H3. The van der Waals surface area contributed by atoms with E-state index >= 15 is 0 Å². The van der Waals surface area contributed by atoms with Gasteiger partial charge in [0, 0.05) is 17.0 Å². The molecular weight excluding hydrogens is 372 g/mol. The molecule has 0 amide bonds. The molecule has 0 aromatic carbocycles. The van der Waals surface area contributed by atoms with E-state index in [2.05, 4.69) is 14.5 Å². The van der Waals surface area contributed by atoms with E-state index < -0.39 is 63.9 Å². The third kappa shape index (κ3) is 5.75. The summed E-state index contributed by atoms with van der Waals surface area (Å²) < 4.78 is 0. The molecule has 0 saturated carbocycles. The molecular formula is C13H24N4O10. The third-order valence-corrected chi connectivity index (χ3v) is 5.04. The minimum Gasteiger partial charge on any atom is -0.314 e. The summed E-state index contributed by atoms with van der Waals surface area (Å²) in [6, 6.07) is 0. The zero-order valence-electron chi connectivity index (χ0n) is 15.5. The molecule has 0 bridgehead atoms. The topological polar surface area (TPSA) is 181 Å². The quantitative estimate of drug-likeness (QED) is 0.435. The minimum atomic E-state index is -1.13. The summed E-state index contributed by atoms with van der Waals surface area (Å²) >= 11 is 0. The van der Waals surface area contributed by atoms with Crippen LogP contribution >= 0.6 is 0 Å². The van der Waals surface area contributed by atoms with Gasteiger partial charge in [-0.15, -0.1) is 30.3 Å². The highest BCUT2D eigenvalue weighted by atomic mass is 17.0. The number of rotatable bonds is 9. The lowest BCUT2D eigenvalue weighted by atomic mass is 9.73. The Balaban J connectivity index is 3.33. The Bertz CT molecular complexity index is 569. The van der Waals surface area contributed by atoms with Gasteiger partial charge in [0.2, 0.25) is 0 Å². The smallest absolute Gasteiger partial charge is 0.294 e. The van der Waals surface area contributed by atoms with Crippen LogP contribution < -0.4 is 0 Å². The van der Waals surface area contributed by atoms with Crippen molar-refractivity contribution in [1.29, 1.82) is 0 Å². The van der Waals surface area contributed by atoms with Crippen molar-refractivity contribution in [2.75, 3.05) is 19.8 Å². The molecule has 0 aliphatic carbocycles. The maximum Gasteiger partial charge on any atom is 0.294 e. The second-order valence-corrected chi connectivity index (χ2v) is 7.57. The van der Waals surface area contributed by atoms with Crippen molar-refractivity contribution in [3.05, 3.63) is 30.3 Å². The van der Waals surface area contributed by atoms with Crippen LogP contribution in [0, 0.1) is 48.1 Å². The van der Waals surface area contributed by atoms with Crippen LogP contribution in [0.4, 0.5) is 0 Å². The first-order valence-corrected chi connectivity index (χ1v) is 8.10. The Kier molecular flexibility index (Phi) is 7.08. The van der Waals surface area contributed by atoms with Crippen LogP contribution in [0.2, 0.25) is 0 Å². The molecule has 1 N–H and O–H groups in total. The van der Waals surface area contributed by atoms with Crippen molar-refractivity contribution in [3.63, 3.8) is 0 Å². The van der Waals surface area contributed by atoms with Crippen LogP contribution in [0.5, 0.6) is 0 Å². The average molecular weight is 396 g/mol. The second-order valence-electron chi connectivity index (χ2n) is 7.57. The predicted octanol–water partition coefficient (Wildman–Crippen LogP) is 1.11. The lowest BCUT2D eigenvalue weighted by Crippen LogP contribution is -2.57. The van der Waals surface area contributed by atoms with Crippen LogP contribution in [-0.4, -0.2) is 56.4 Å². The van der Waals surface area contributed by atoms with E-state index in [4.69, 9.17) is 0 Å². The molecule has 3 atom stereocenters. The number of nitrogens with zero attached hydrogens (tertiary/aromatic N) is 4. The Morgan fingerprint density at radius 3 is 1.85 bits per heavy atom. The van der Waals surface area contributed by atoms with Gasteiger partial charge >= 0.3 is 0 Å². The molecule has 1 rings (SSSR count). The van der Waals surface area contributed by atoms with Crippen molar-refractivity contribution < 1.29 is 35.0 Å². The van der Waals surface area contributed by atoms with E-state index in [1.807, 2.05) is 0 Å². The maximum atomic E-state index is 10.7. The SMILES string of the molecule is CC1(C)CC(CO[N+](=O)[O-])C(CO[N+](=O)[O-])C(CO[N+](=O)[O-])C(C)(C)N1O. The number of hydroxylamine groups is 2. The van der Waals surface area contributed by atoms with Crippen LogP contribution in [0.15, 0.2) is 0 Å². The van der Waals surface area contributed by atoms with Crippen LogP contribution in [0.1, 0.15) is 34.1 Å². The van der Waals surface area contributed by atoms with E-state index in [0.29, 0.717) is 0 Å². The van der Waals surface area contributed by atoms with Gasteiger partial charge in [0.1, 0.15) is 13.2 Å². The minimum absolute atomic E-state index is 0.154.